The second-order valence-corrected chi connectivity index (χ2v) is 7.48. The van der Waals surface area contributed by atoms with Gasteiger partial charge >= 0.3 is 5.97 Å². The van der Waals surface area contributed by atoms with Gasteiger partial charge in [-0.2, -0.15) is 0 Å². The molecule has 0 saturated heterocycles. The van der Waals surface area contributed by atoms with E-state index in [-0.39, 0.29) is 23.0 Å². The van der Waals surface area contributed by atoms with Gasteiger partial charge < -0.3 is 9.52 Å². The number of furan rings is 1. The van der Waals surface area contributed by atoms with Crippen LogP contribution in [-0.4, -0.2) is 19.5 Å². The fourth-order valence-electron chi connectivity index (χ4n) is 1.52. The van der Waals surface area contributed by atoms with E-state index in [9.17, 15) is 13.2 Å². The monoisotopic (exact) mass is 437 g/mol. The zero-order valence-electron chi connectivity index (χ0n) is 10.3. The van der Waals surface area contributed by atoms with Crippen LogP contribution >= 0.6 is 31.9 Å². The average Bonchev–Trinajstić information content (AvgIpc) is 2.85. The maximum atomic E-state index is 12.2. The second kappa shape index (κ2) is 6.30. The molecule has 0 amide bonds. The third kappa shape index (κ3) is 3.94. The lowest BCUT2D eigenvalue weighted by Crippen LogP contribution is -2.23. The Morgan fingerprint density at radius 3 is 2.52 bits per heavy atom. The predicted molar refractivity (Wildman–Crippen MR) is 81.5 cm³/mol. The van der Waals surface area contributed by atoms with Gasteiger partial charge in [-0.05, 0) is 46.3 Å². The molecule has 1 aromatic heterocycles. The summed E-state index contributed by atoms with van der Waals surface area (Å²) >= 11 is 6.42. The van der Waals surface area contributed by atoms with Gasteiger partial charge in [-0.3, -0.25) is 0 Å². The van der Waals surface area contributed by atoms with Crippen LogP contribution in [0, 0.1) is 0 Å². The van der Waals surface area contributed by atoms with Crippen LogP contribution in [-0.2, 0) is 16.6 Å². The van der Waals surface area contributed by atoms with Crippen LogP contribution < -0.4 is 4.72 Å². The van der Waals surface area contributed by atoms with Gasteiger partial charge in [0.05, 0.1) is 11.4 Å². The third-order valence-corrected chi connectivity index (χ3v) is 5.36. The Morgan fingerprint density at radius 1 is 1.24 bits per heavy atom. The Hall–Kier alpha value is -1.16. The van der Waals surface area contributed by atoms with Crippen molar-refractivity contribution in [2.45, 2.75) is 11.4 Å². The summed E-state index contributed by atoms with van der Waals surface area (Å²) in [6.07, 6.45) is 0. The molecule has 9 heteroatoms. The fraction of sp³-hybridized carbons (Fsp3) is 0.0833. The molecule has 0 aliphatic rings. The van der Waals surface area contributed by atoms with Crippen molar-refractivity contribution in [2.75, 3.05) is 0 Å². The fourth-order valence-corrected chi connectivity index (χ4v) is 4.26. The number of rotatable bonds is 5. The Morgan fingerprint density at radius 2 is 1.95 bits per heavy atom. The van der Waals surface area contributed by atoms with Gasteiger partial charge in [0.25, 0.3) is 0 Å². The average molecular weight is 439 g/mol. The van der Waals surface area contributed by atoms with E-state index in [1.54, 1.807) is 12.1 Å². The quantitative estimate of drug-likeness (QED) is 0.747. The number of carboxylic acids is 1. The van der Waals surface area contributed by atoms with E-state index in [0.717, 1.165) is 4.47 Å². The van der Waals surface area contributed by atoms with E-state index in [4.69, 9.17) is 9.52 Å². The molecule has 1 aromatic carbocycles. The van der Waals surface area contributed by atoms with Crippen molar-refractivity contribution >= 4 is 47.9 Å². The van der Waals surface area contributed by atoms with Crippen LogP contribution in [0.3, 0.4) is 0 Å². The van der Waals surface area contributed by atoms with E-state index >= 15 is 0 Å². The van der Waals surface area contributed by atoms with Crippen molar-refractivity contribution in [1.29, 1.82) is 0 Å². The van der Waals surface area contributed by atoms with Crippen LogP contribution in [0.2, 0.25) is 0 Å². The van der Waals surface area contributed by atoms with Gasteiger partial charge in [0.1, 0.15) is 5.76 Å². The molecule has 6 nitrogen and oxygen atoms in total. The minimum Gasteiger partial charge on any atom is -0.475 e. The van der Waals surface area contributed by atoms with Gasteiger partial charge in [-0.1, -0.05) is 15.9 Å². The summed E-state index contributed by atoms with van der Waals surface area (Å²) in [6, 6.07) is 7.34. The Bertz CT molecular complexity index is 785. The lowest BCUT2D eigenvalue weighted by molar-refractivity contribution is 0.0660. The van der Waals surface area contributed by atoms with Gasteiger partial charge in [-0.25, -0.2) is 17.9 Å². The molecule has 0 fully saturated rings. The number of hydrogen-bond donors (Lipinski definition) is 2. The van der Waals surface area contributed by atoms with E-state index in [1.165, 1.54) is 18.2 Å². The minimum atomic E-state index is -3.74. The molecular formula is C12H9Br2NO5S. The molecule has 0 bridgehead atoms. The molecule has 112 valence electrons. The van der Waals surface area contributed by atoms with Crippen molar-refractivity contribution in [3.05, 3.63) is 50.8 Å². The summed E-state index contributed by atoms with van der Waals surface area (Å²) in [6.45, 7) is -0.141. The van der Waals surface area contributed by atoms with E-state index in [0.29, 0.717) is 4.47 Å². The van der Waals surface area contributed by atoms with Gasteiger partial charge in [-0.15, -0.1) is 0 Å². The van der Waals surface area contributed by atoms with Crippen molar-refractivity contribution in [3.8, 4) is 0 Å². The van der Waals surface area contributed by atoms with Crippen molar-refractivity contribution in [1.82, 2.24) is 4.72 Å². The van der Waals surface area contributed by atoms with Crippen molar-refractivity contribution in [2.24, 2.45) is 0 Å². The standard InChI is InChI=1S/C12H9Br2NO5S/c13-7-1-4-11(9(14)5-7)21(18,19)15-6-8-2-3-10(20-8)12(16)17/h1-5,15H,6H2,(H,16,17). The SMILES string of the molecule is O=C(O)c1ccc(CNS(=O)(=O)c2ccc(Br)cc2Br)o1. The molecule has 0 spiro atoms. The summed E-state index contributed by atoms with van der Waals surface area (Å²) in [5.41, 5.74) is 0. The summed E-state index contributed by atoms with van der Waals surface area (Å²) in [5.74, 6) is -1.24. The Labute approximate surface area is 137 Å². The number of hydrogen-bond acceptors (Lipinski definition) is 4. The lowest BCUT2D eigenvalue weighted by atomic mass is 10.4. The normalized spacial score (nSPS) is 11.5. The Balaban J connectivity index is 2.15. The highest BCUT2D eigenvalue weighted by Gasteiger charge is 2.18. The zero-order chi connectivity index (χ0) is 15.6. The molecule has 0 aliphatic carbocycles. The highest BCUT2D eigenvalue weighted by Crippen LogP contribution is 2.25. The summed E-state index contributed by atoms with van der Waals surface area (Å²) < 4.78 is 32.8. The molecule has 0 saturated carbocycles. The highest BCUT2D eigenvalue weighted by atomic mass is 79.9. The summed E-state index contributed by atoms with van der Waals surface area (Å²) in [5, 5.41) is 8.72. The number of sulfonamides is 1. The van der Waals surface area contributed by atoms with E-state index < -0.39 is 16.0 Å². The van der Waals surface area contributed by atoms with Crippen LogP contribution in [0.4, 0.5) is 0 Å². The van der Waals surface area contributed by atoms with Crippen LogP contribution in [0.25, 0.3) is 0 Å². The largest absolute Gasteiger partial charge is 0.475 e. The van der Waals surface area contributed by atoms with E-state index in [1.807, 2.05) is 0 Å². The number of nitrogens with one attached hydrogen (secondary N) is 1. The first kappa shape index (κ1) is 16.2. The number of carboxylic acid groups (broad SMARTS) is 1. The minimum absolute atomic E-state index is 0.0794. The second-order valence-electron chi connectivity index (χ2n) is 3.97. The van der Waals surface area contributed by atoms with Crippen LogP contribution in [0.1, 0.15) is 16.3 Å². The molecule has 2 aromatic rings. The summed E-state index contributed by atoms with van der Waals surface area (Å²) in [7, 11) is -3.74. The molecule has 2 N–H and O–H groups in total. The van der Waals surface area contributed by atoms with Crippen LogP contribution in [0.5, 0.6) is 0 Å². The topological polar surface area (TPSA) is 96.6 Å². The molecule has 0 aliphatic heterocycles. The first-order valence-electron chi connectivity index (χ1n) is 5.56. The molecular weight excluding hydrogens is 430 g/mol. The number of benzene rings is 1. The van der Waals surface area contributed by atoms with Gasteiger partial charge in [0.2, 0.25) is 15.8 Å². The van der Waals surface area contributed by atoms with Crippen LogP contribution in [0.15, 0.2) is 48.6 Å². The van der Waals surface area contributed by atoms with Crippen molar-refractivity contribution in [3.63, 3.8) is 0 Å². The number of carbonyl (C=O) groups is 1. The maximum absolute atomic E-state index is 12.2. The third-order valence-electron chi connectivity index (χ3n) is 2.49. The first-order chi connectivity index (χ1) is 9.79. The maximum Gasteiger partial charge on any atom is 0.371 e. The van der Waals surface area contributed by atoms with E-state index in [2.05, 4.69) is 36.6 Å². The lowest BCUT2D eigenvalue weighted by Gasteiger charge is -2.07. The predicted octanol–water partition coefficient (Wildman–Crippen LogP) is 2.98. The number of halogens is 2. The summed E-state index contributed by atoms with van der Waals surface area (Å²) in [4.78, 5) is 10.7. The smallest absolute Gasteiger partial charge is 0.371 e. The molecule has 0 unspecified atom stereocenters. The molecule has 1 heterocycles. The molecule has 2 rings (SSSR count). The molecule has 21 heavy (non-hydrogen) atoms. The highest BCUT2D eigenvalue weighted by molar-refractivity contribution is 9.11. The van der Waals surface area contributed by atoms with Crippen molar-refractivity contribution < 1.29 is 22.7 Å². The Kier molecular flexibility index (Phi) is 4.87. The van der Waals surface area contributed by atoms with Gasteiger partial charge in [0, 0.05) is 8.95 Å². The van der Waals surface area contributed by atoms with Gasteiger partial charge in [0.15, 0.2) is 0 Å². The zero-order valence-corrected chi connectivity index (χ0v) is 14.3. The number of aromatic carboxylic acids is 1. The first-order valence-corrected chi connectivity index (χ1v) is 8.63. The molecule has 0 atom stereocenters. The molecule has 0 radical (unpaired) electrons.